The van der Waals surface area contributed by atoms with Gasteiger partial charge in [0.2, 0.25) is 0 Å². The van der Waals surface area contributed by atoms with Crippen molar-refractivity contribution in [3.05, 3.63) is 72.8 Å². The molecule has 2 heterocycles. The van der Waals surface area contributed by atoms with E-state index in [-0.39, 0.29) is 0 Å². The van der Waals surface area contributed by atoms with E-state index in [0.717, 1.165) is 11.6 Å². The number of rotatable bonds is 0. The van der Waals surface area contributed by atoms with Gasteiger partial charge in [0, 0.05) is 24.8 Å². The molecular formula is C14H18N4. The van der Waals surface area contributed by atoms with Crippen LogP contribution >= 0.6 is 0 Å². The second kappa shape index (κ2) is 8.75. The van der Waals surface area contributed by atoms with Gasteiger partial charge in [-0.2, -0.15) is 0 Å². The van der Waals surface area contributed by atoms with Gasteiger partial charge in [-0.25, -0.2) is 9.97 Å². The van der Waals surface area contributed by atoms with Gasteiger partial charge in [-0.3, -0.25) is 0 Å². The molecule has 1 aromatic carbocycles. The van der Waals surface area contributed by atoms with Gasteiger partial charge in [0.25, 0.3) is 0 Å². The van der Waals surface area contributed by atoms with Gasteiger partial charge in [-0.05, 0) is 13.8 Å². The van der Waals surface area contributed by atoms with Crippen LogP contribution in [0.15, 0.2) is 61.2 Å². The van der Waals surface area contributed by atoms with Crippen molar-refractivity contribution >= 4 is 0 Å². The van der Waals surface area contributed by atoms with E-state index in [0.29, 0.717) is 0 Å². The minimum atomic E-state index is 0.968. The van der Waals surface area contributed by atoms with Crippen LogP contribution in [0, 0.1) is 13.8 Å². The predicted molar refractivity (Wildman–Crippen MR) is 73.1 cm³/mol. The Balaban J connectivity index is 0.000000135. The smallest absolute Gasteiger partial charge is 0.102 e. The average molecular weight is 242 g/mol. The van der Waals surface area contributed by atoms with Crippen LogP contribution in [-0.2, 0) is 0 Å². The molecule has 94 valence electrons. The van der Waals surface area contributed by atoms with Gasteiger partial charge >= 0.3 is 0 Å². The van der Waals surface area contributed by atoms with E-state index < -0.39 is 0 Å². The zero-order valence-corrected chi connectivity index (χ0v) is 10.7. The molecule has 0 bridgehead atoms. The number of nitrogens with one attached hydrogen (secondary N) is 2. The molecule has 0 radical (unpaired) electrons. The Morgan fingerprint density at radius 2 is 1.00 bits per heavy atom. The molecule has 2 aromatic heterocycles. The van der Waals surface area contributed by atoms with Crippen molar-refractivity contribution in [2.45, 2.75) is 13.8 Å². The SMILES string of the molecule is Cc1ncc[nH]1.Cc1ncc[nH]1.c1ccccc1. The molecule has 0 atom stereocenters. The normalized spacial score (nSPS) is 8.56. The van der Waals surface area contributed by atoms with Crippen LogP contribution in [0.1, 0.15) is 11.6 Å². The third-order valence-electron chi connectivity index (χ3n) is 1.94. The maximum Gasteiger partial charge on any atom is 0.102 e. The summed E-state index contributed by atoms with van der Waals surface area (Å²) in [5.41, 5.74) is 0. The highest BCUT2D eigenvalue weighted by molar-refractivity contribution is 4.99. The van der Waals surface area contributed by atoms with Gasteiger partial charge in [0.1, 0.15) is 11.6 Å². The van der Waals surface area contributed by atoms with Crippen LogP contribution in [0.2, 0.25) is 0 Å². The van der Waals surface area contributed by atoms with Gasteiger partial charge in [0.05, 0.1) is 0 Å². The lowest BCUT2D eigenvalue weighted by atomic mass is 10.4. The molecule has 0 saturated carbocycles. The molecule has 0 spiro atoms. The van der Waals surface area contributed by atoms with Crippen LogP contribution in [0.3, 0.4) is 0 Å². The van der Waals surface area contributed by atoms with Crippen LogP contribution in [0.4, 0.5) is 0 Å². The minimum Gasteiger partial charge on any atom is -0.349 e. The number of imidazole rings is 2. The largest absolute Gasteiger partial charge is 0.349 e. The number of hydrogen-bond acceptors (Lipinski definition) is 2. The zero-order valence-electron chi connectivity index (χ0n) is 10.7. The molecule has 18 heavy (non-hydrogen) atoms. The zero-order chi connectivity index (χ0) is 13.1. The van der Waals surface area contributed by atoms with E-state index in [1.807, 2.05) is 50.2 Å². The summed E-state index contributed by atoms with van der Waals surface area (Å²) in [5.74, 6) is 1.94. The molecule has 3 aromatic rings. The molecule has 2 N–H and O–H groups in total. The van der Waals surface area contributed by atoms with Crippen molar-refractivity contribution in [2.75, 3.05) is 0 Å². The summed E-state index contributed by atoms with van der Waals surface area (Å²) in [7, 11) is 0. The molecule has 4 heteroatoms. The standard InChI is InChI=1S/C6H6.2C4H6N2/c1-2-4-6-5-3-1;2*1-4-5-2-3-6-4/h1-6H;2*2-3H,1H3,(H,5,6). The first-order chi connectivity index (χ1) is 8.79. The topological polar surface area (TPSA) is 57.4 Å². The molecule has 0 aliphatic carbocycles. The molecule has 0 aliphatic heterocycles. The number of aromatic amines is 2. The summed E-state index contributed by atoms with van der Waals surface area (Å²) in [6.45, 7) is 3.83. The van der Waals surface area contributed by atoms with Crippen molar-refractivity contribution in [3.8, 4) is 0 Å². The van der Waals surface area contributed by atoms with E-state index in [9.17, 15) is 0 Å². The summed E-state index contributed by atoms with van der Waals surface area (Å²) >= 11 is 0. The van der Waals surface area contributed by atoms with E-state index in [1.54, 1.807) is 24.8 Å². The lowest BCUT2D eigenvalue weighted by Gasteiger charge is -1.69. The lowest BCUT2D eigenvalue weighted by molar-refractivity contribution is 1.15. The molecule has 0 unspecified atom stereocenters. The fraction of sp³-hybridized carbons (Fsp3) is 0.143. The molecule has 0 saturated heterocycles. The van der Waals surface area contributed by atoms with E-state index in [4.69, 9.17) is 0 Å². The molecule has 4 nitrogen and oxygen atoms in total. The van der Waals surface area contributed by atoms with Crippen LogP contribution < -0.4 is 0 Å². The molecule has 3 rings (SSSR count). The monoisotopic (exact) mass is 242 g/mol. The number of aromatic nitrogens is 4. The Hall–Kier alpha value is -2.36. The first-order valence-electron chi connectivity index (χ1n) is 5.71. The molecule has 0 amide bonds. The Morgan fingerprint density at radius 1 is 0.667 bits per heavy atom. The number of benzene rings is 1. The van der Waals surface area contributed by atoms with E-state index in [1.165, 1.54) is 0 Å². The van der Waals surface area contributed by atoms with Gasteiger partial charge < -0.3 is 9.97 Å². The van der Waals surface area contributed by atoms with Crippen molar-refractivity contribution in [1.82, 2.24) is 19.9 Å². The first kappa shape index (κ1) is 13.7. The number of hydrogen-bond donors (Lipinski definition) is 2. The quantitative estimate of drug-likeness (QED) is 0.636. The second-order valence-electron chi connectivity index (χ2n) is 3.50. The maximum absolute atomic E-state index is 3.86. The number of aryl methyl sites for hydroxylation is 2. The van der Waals surface area contributed by atoms with Crippen molar-refractivity contribution < 1.29 is 0 Å². The van der Waals surface area contributed by atoms with E-state index in [2.05, 4.69) is 19.9 Å². The highest BCUT2D eigenvalue weighted by atomic mass is 14.9. The fourth-order valence-corrected chi connectivity index (χ4v) is 1.07. The summed E-state index contributed by atoms with van der Waals surface area (Å²) in [5, 5.41) is 0. The van der Waals surface area contributed by atoms with Crippen LogP contribution in [0.5, 0.6) is 0 Å². The summed E-state index contributed by atoms with van der Waals surface area (Å²) < 4.78 is 0. The third kappa shape index (κ3) is 7.00. The van der Waals surface area contributed by atoms with Crippen molar-refractivity contribution in [2.24, 2.45) is 0 Å². The third-order valence-corrected chi connectivity index (χ3v) is 1.94. The van der Waals surface area contributed by atoms with Crippen molar-refractivity contribution in [3.63, 3.8) is 0 Å². The summed E-state index contributed by atoms with van der Waals surface area (Å²) in [6, 6.07) is 12.0. The second-order valence-corrected chi connectivity index (χ2v) is 3.50. The van der Waals surface area contributed by atoms with E-state index >= 15 is 0 Å². The Kier molecular flexibility index (Phi) is 6.66. The summed E-state index contributed by atoms with van der Waals surface area (Å²) in [4.78, 5) is 13.5. The number of H-pyrrole nitrogens is 2. The van der Waals surface area contributed by atoms with Gasteiger partial charge in [-0.15, -0.1) is 0 Å². The highest BCUT2D eigenvalue weighted by Crippen LogP contribution is 1.80. The average Bonchev–Trinajstić information content (AvgIpc) is 3.07. The molecular weight excluding hydrogens is 224 g/mol. The number of nitrogens with zero attached hydrogens (tertiary/aromatic N) is 2. The minimum absolute atomic E-state index is 0.968. The Bertz CT molecular complexity index is 413. The molecule has 0 aliphatic rings. The maximum atomic E-state index is 3.86. The fourth-order valence-electron chi connectivity index (χ4n) is 1.07. The van der Waals surface area contributed by atoms with Crippen molar-refractivity contribution in [1.29, 1.82) is 0 Å². The van der Waals surface area contributed by atoms with Crippen LogP contribution in [-0.4, -0.2) is 19.9 Å². The highest BCUT2D eigenvalue weighted by Gasteiger charge is 1.74. The Labute approximate surface area is 107 Å². The predicted octanol–water partition coefficient (Wildman–Crippen LogP) is 3.12. The first-order valence-corrected chi connectivity index (χ1v) is 5.71. The molecule has 0 fully saturated rings. The Morgan fingerprint density at radius 3 is 1.11 bits per heavy atom. The van der Waals surface area contributed by atoms with Gasteiger partial charge in [0.15, 0.2) is 0 Å². The van der Waals surface area contributed by atoms with Crippen LogP contribution in [0.25, 0.3) is 0 Å². The van der Waals surface area contributed by atoms with Gasteiger partial charge in [-0.1, -0.05) is 36.4 Å². The lowest BCUT2D eigenvalue weighted by Crippen LogP contribution is -1.66. The summed E-state index contributed by atoms with van der Waals surface area (Å²) in [6.07, 6.45) is 7.06.